The van der Waals surface area contributed by atoms with Gasteiger partial charge in [-0.15, -0.1) is 0 Å². The van der Waals surface area contributed by atoms with Crippen LogP contribution < -0.4 is 10.2 Å². The smallest absolute Gasteiger partial charge is 0.268 e. The fourth-order valence-electron chi connectivity index (χ4n) is 4.42. The molecule has 228 valence electrons. The average Bonchev–Trinajstić information content (AvgIpc) is 2.82. The number of hydrogen-bond acceptors (Lipinski definition) is 6. The van der Waals surface area contributed by atoms with E-state index in [0.717, 1.165) is 19.3 Å². The lowest BCUT2D eigenvalue weighted by Gasteiger charge is -2.29. The van der Waals surface area contributed by atoms with E-state index >= 15 is 0 Å². The molecule has 0 aromatic heterocycles. The van der Waals surface area contributed by atoms with E-state index in [9.17, 15) is 19.4 Å². The highest BCUT2D eigenvalue weighted by atomic mass is 31.2. The van der Waals surface area contributed by atoms with Crippen LogP contribution in [0, 0.1) is 0 Å². The molecule has 9 heteroatoms. The van der Waals surface area contributed by atoms with Crippen LogP contribution in [-0.2, 0) is 18.4 Å². The van der Waals surface area contributed by atoms with Gasteiger partial charge in [0, 0.05) is 6.92 Å². The number of quaternary nitrogens is 1. The minimum Gasteiger partial charge on any atom is -0.756 e. The zero-order chi connectivity index (χ0) is 28.7. The molecule has 3 atom stereocenters. The molecule has 3 unspecified atom stereocenters. The maximum atomic E-state index is 12.0. The summed E-state index contributed by atoms with van der Waals surface area (Å²) in [7, 11) is 1.30. The van der Waals surface area contributed by atoms with Crippen LogP contribution in [0.5, 0.6) is 0 Å². The highest BCUT2D eigenvalue weighted by molar-refractivity contribution is 7.45. The molecule has 0 aliphatic carbocycles. The van der Waals surface area contributed by atoms with E-state index in [-0.39, 0.29) is 19.1 Å². The Bertz CT molecular complexity index is 614. The molecule has 0 aromatic rings. The van der Waals surface area contributed by atoms with Gasteiger partial charge in [0.15, 0.2) is 0 Å². The Kier molecular flexibility index (Phi) is 22.9. The summed E-state index contributed by atoms with van der Waals surface area (Å²) in [6.45, 7) is 3.78. The quantitative estimate of drug-likeness (QED) is 0.0709. The van der Waals surface area contributed by atoms with Gasteiger partial charge in [-0.05, 0) is 6.42 Å². The number of likely N-dealkylation sites (N-methyl/N-ethyl adjacent to an activating group) is 1. The Morgan fingerprint density at radius 2 is 1.24 bits per heavy atom. The SMILES string of the molecule is CCCCCCCCCCCCCCCCCCCC(O)C(COP(=O)([O-])OCC[N+](C)(C)C)NC(C)=O. The lowest BCUT2D eigenvalue weighted by molar-refractivity contribution is -0.870. The van der Waals surface area contributed by atoms with Crippen molar-refractivity contribution in [2.75, 3.05) is 40.9 Å². The minimum atomic E-state index is -4.50. The van der Waals surface area contributed by atoms with Gasteiger partial charge in [0.05, 0.1) is 39.9 Å². The van der Waals surface area contributed by atoms with E-state index < -0.39 is 20.0 Å². The topological polar surface area (TPSA) is 108 Å². The van der Waals surface area contributed by atoms with Gasteiger partial charge in [-0.3, -0.25) is 9.36 Å². The Labute approximate surface area is 234 Å². The molecule has 0 aliphatic heterocycles. The van der Waals surface area contributed by atoms with Crippen LogP contribution in [0.25, 0.3) is 0 Å². The third-order valence-electron chi connectivity index (χ3n) is 6.88. The van der Waals surface area contributed by atoms with Crippen molar-refractivity contribution < 1.29 is 32.9 Å². The van der Waals surface area contributed by atoms with E-state index in [2.05, 4.69) is 12.2 Å². The van der Waals surface area contributed by atoms with Crippen LogP contribution >= 0.6 is 7.82 Å². The van der Waals surface area contributed by atoms with E-state index in [1.54, 1.807) is 0 Å². The summed E-state index contributed by atoms with van der Waals surface area (Å²) in [6, 6.07) is -0.794. The molecule has 0 heterocycles. The van der Waals surface area contributed by atoms with Crippen LogP contribution in [-0.4, -0.2) is 68.5 Å². The van der Waals surface area contributed by atoms with Crippen LogP contribution in [0.15, 0.2) is 0 Å². The second-order valence-electron chi connectivity index (χ2n) is 11.9. The molecular formula is C29H61N2O6P. The first-order valence-electron chi connectivity index (χ1n) is 15.3. The van der Waals surface area contributed by atoms with Crippen LogP contribution in [0.1, 0.15) is 129 Å². The van der Waals surface area contributed by atoms with Crippen molar-refractivity contribution in [2.24, 2.45) is 0 Å². The molecule has 0 radical (unpaired) electrons. The molecule has 0 bridgehead atoms. The standard InChI is InChI=1S/C29H61N2O6P/c1-6-7-8-9-10-11-12-13-14-15-16-17-18-19-20-21-22-23-29(33)28(30-27(2)32)26-37-38(34,35)36-25-24-31(3,4)5/h28-29,33H,6-26H2,1-5H3,(H-,30,32,34,35). The maximum absolute atomic E-state index is 12.0. The number of carbonyl (C=O) groups is 1. The molecule has 0 fully saturated rings. The van der Waals surface area contributed by atoms with Gasteiger partial charge in [0.1, 0.15) is 13.2 Å². The Hall–Kier alpha value is -0.500. The molecule has 0 rings (SSSR count). The van der Waals surface area contributed by atoms with E-state index in [4.69, 9.17) is 9.05 Å². The second-order valence-corrected chi connectivity index (χ2v) is 13.3. The van der Waals surface area contributed by atoms with E-state index in [0.29, 0.717) is 17.4 Å². The number of aliphatic hydroxyl groups excluding tert-OH is 1. The fraction of sp³-hybridized carbons (Fsp3) is 0.966. The first-order valence-corrected chi connectivity index (χ1v) is 16.8. The van der Waals surface area contributed by atoms with Gasteiger partial charge in [0.2, 0.25) is 5.91 Å². The molecule has 0 saturated heterocycles. The lowest BCUT2D eigenvalue weighted by Crippen LogP contribution is -2.45. The van der Waals surface area contributed by atoms with Gasteiger partial charge >= 0.3 is 0 Å². The monoisotopic (exact) mass is 564 g/mol. The van der Waals surface area contributed by atoms with Crippen molar-refractivity contribution in [2.45, 2.75) is 142 Å². The number of amides is 1. The van der Waals surface area contributed by atoms with E-state index in [1.807, 2.05) is 21.1 Å². The largest absolute Gasteiger partial charge is 0.756 e. The first kappa shape index (κ1) is 37.5. The summed E-state index contributed by atoms with van der Waals surface area (Å²) in [5, 5.41) is 13.1. The minimum absolute atomic E-state index is 0.0108. The lowest BCUT2D eigenvalue weighted by atomic mass is 10.0. The van der Waals surface area contributed by atoms with Gasteiger partial charge in [-0.25, -0.2) is 0 Å². The highest BCUT2D eigenvalue weighted by Crippen LogP contribution is 2.38. The fourth-order valence-corrected chi connectivity index (χ4v) is 5.15. The summed E-state index contributed by atoms with van der Waals surface area (Å²) >= 11 is 0. The molecule has 0 aromatic carbocycles. The zero-order valence-electron chi connectivity index (χ0n) is 25.4. The number of aliphatic hydroxyl groups is 1. The number of phosphoric acid groups is 1. The van der Waals surface area contributed by atoms with Crippen LogP contribution in [0.2, 0.25) is 0 Å². The average molecular weight is 565 g/mol. The Morgan fingerprint density at radius 1 is 0.816 bits per heavy atom. The second kappa shape index (κ2) is 23.2. The zero-order valence-corrected chi connectivity index (χ0v) is 26.3. The van der Waals surface area contributed by atoms with Gasteiger partial charge in [-0.1, -0.05) is 116 Å². The first-order chi connectivity index (χ1) is 18.0. The summed E-state index contributed by atoms with van der Waals surface area (Å²) in [4.78, 5) is 23.6. The number of nitrogens with one attached hydrogen (secondary N) is 1. The van der Waals surface area contributed by atoms with Crippen molar-refractivity contribution in [3.05, 3.63) is 0 Å². The van der Waals surface area contributed by atoms with Gasteiger partial charge in [0.25, 0.3) is 7.82 Å². The molecule has 1 amide bonds. The number of rotatable bonds is 27. The Morgan fingerprint density at radius 3 is 1.63 bits per heavy atom. The number of hydrogen-bond donors (Lipinski definition) is 2. The molecule has 0 saturated carbocycles. The predicted molar refractivity (Wildman–Crippen MR) is 155 cm³/mol. The Balaban J connectivity index is 3.86. The molecule has 0 aliphatic rings. The number of carbonyl (C=O) groups excluding carboxylic acids is 1. The number of nitrogens with zero attached hydrogens (tertiary/aromatic N) is 1. The predicted octanol–water partition coefficient (Wildman–Crippen LogP) is 6.10. The molecule has 8 nitrogen and oxygen atoms in total. The van der Waals surface area contributed by atoms with Crippen LogP contribution in [0.4, 0.5) is 0 Å². The van der Waals surface area contributed by atoms with Crippen molar-refractivity contribution in [1.82, 2.24) is 5.32 Å². The van der Waals surface area contributed by atoms with Crippen LogP contribution in [0.3, 0.4) is 0 Å². The summed E-state index contributed by atoms with van der Waals surface area (Å²) in [5.41, 5.74) is 0. The molecular weight excluding hydrogens is 503 g/mol. The number of phosphoric ester groups is 1. The molecule has 38 heavy (non-hydrogen) atoms. The summed E-state index contributed by atoms with van der Waals surface area (Å²) < 4.78 is 22.5. The summed E-state index contributed by atoms with van der Waals surface area (Å²) in [6.07, 6.45) is 21.5. The molecule has 2 N–H and O–H groups in total. The third-order valence-corrected chi connectivity index (χ3v) is 7.84. The van der Waals surface area contributed by atoms with Gasteiger partial charge in [-0.2, -0.15) is 0 Å². The molecule has 0 spiro atoms. The normalized spacial score (nSPS) is 15.2. The maximum Gasteiger partial charge on any atom is 0.268 e. The number of unbranched alkanes of at least 4 members (excludes halogenated alkanes) is 16. The highest BCUT2D eigenvalue weighted by Gasteiger charge is 2.23. The van der Waals surface area contributed by atoms with Crippen molar-refractivity contribution in [3.63, 3.8) is 0 Å². The van der Waals surface area contributed by atoms with Crippen molar-refractivity contribution in [1.29, 1.82) is 0 Å². The van der Waals surface area contributed by atoms with E-state index in [1.165, 1.54) is 96.8 Å². The van der Waals surface area contributed by atoms with Gasteiger partial charge < -0.3 is 28.8 Å². The van der Waals surface area contributed by atoms with Crippen molar-refractivity contribution >= 4 is 13.7 Å². The van der Waals surface area contributed by atoms with Crippen molar-refractivity contribution in [3.8, 4) is 0 Å². The summed E-state index contributed by atoms with van der Waals surface area (Å²) in [5.74, 6) is -0.341. The third kappa shape index (κ3) is 25.8.